The summed E-state index contributed by atoms with van der Waals surface area (Å²) in [4.78, 5) is 11.0. The summed E-state index contributed by atoms with van der Waals surface area (Å²) in [5.74, 6) is -2.92. The minimum absolute atomic E-state index is 0.156. The highest BCUT2D eigenvalue weighted by molar-refractivity contribution is 5.73. The molecule has 0 amide bonds. The van der Waals surface area contributed by atoms with Gasteiger partial charge in [-0.25, -0.2) is 4.39 Å². The third-order valence-corrected chi connectivity index (χ3v) is 1.90. The van der Waals surface area contributed by atoms with Crippen LogP contribution in [0.15, 0.2) is 12.1 Å². The third-order valence-electron chi connectivity index (χ3n) is 1.90. The Labute approximate surface area is 85.6 Å². The van der Waals surface area contributed by atoms with Crippen LogP contribution in [0.25, 0.3) is 0 Å². The normalized spacial score (nSPS) is 9.87. The standard InChI is InChI=1S/C10H10F2O3/c1-14-8(13)5-6-3-4-7(11)9(12)10(6)15-2/h3-4H,5H2,1-2H3. The fourth-order valence-corrected chi connectivity index (χ4v) is 1.16. The molecule has 0 bridgehead atoms. The van der Waals surface area contributed by atoms with E-state index >= 15 is 0 Å². The molecule has 1 rings (SSSR count). The van der Waals surface area contributed by atoms with Gasteiger partial charge in [-0.15, -0.1) is 0 Å². The zero-order valence-electron chi connectivity index (χ0n) is 8.34. The molecule has 1 aromatic carbocycles. The molecule has 0 radical (unpaired) electrons. The largest absolute Gasteiger partial charge is 0.493 e. The molecule has 0 unspecified atom stereocenters. The van der Waals surface area contributed by atoms with Crippen LogP contribution in [0.4, 0.5) is 8.78 Å². The first-order valence-corrected chi connectivity index (χ1v) is 4.17. The van der Waals surface area contributed by atoms with Gasteiger partial charge in [-0.3, -0.25) is 4.79 Å². The van der Waals surface area contributed by atoms with E-state index in [9.17, 15) is 13.6 Å². The van der Waals surface area contributed by atoms with Gasteiger partial charge < -0.3 is 9.47 Å². The van der Waals surface area contributed by atoms with Crippen LogP contribution in [0, 0.1) is 11.6 Å². The molecule has 0 saturated carbocycles. The summed E-state index contributed by atoms with van der Waals surface area (Å²) >= 11 is 0. The lowest BCUT2D eigenvalue weighted by Crippen LogP contribution is -2.07. The van der Waals surface area contributed by atoms with Crippen molar-refractivity contribution in [1.29, 1.82) is 0 Å². The number of hydrogen-bond acceptors (Lipinski definition) is 3. The molecule has 0 aliphatic rings. The molecule has 0 aromatic heterocycles. The Morgan fingerprint density at radius 2 is 2.00 bits per heavy atom. The lowest BCUT2D eigenvalue weighted by atomic mass is 10.1. The van der Waals surface area contributed by atoms with Crippen LogP contribution in [-0.2, 0) is 16.0 Å². The molecule has 1 aromatic rings. The molecule has 0 aliphatic heterocycles. The summed E-state index contributed by atoms with van der Waals surface area (Å²) in [6.45, 7) is 0. The zero-order chi connectivity index (χ0) is 11.4. The van der Waals surface area contributed by atoms with E-state index in [0.29, 0.717) is 0 Å². The van der Waals surface area contributed by atoms with Crippen molar-refractivity contribution in [2.45, 2.75) is 6.42 Å². The van der Waals surface area contributed by atoms with Crippen molar-refractivity contribution in [3.05, 3.63) is 29.3 Å². The van der Waals surface area contributed by atoms with E-state index in [1.54, 1.807) is 0 Å². The minimum atomic E-state index is -1.10. The van der Waals surface area contributed by atoms with E-state index in [-0.39, 0.29) is 17.7 Å². The highest BCUT2D eigenvalue weighted by atomic mass is 19.2. The number of ether oxygens (including phenoxy) is 2. The van der Waals surface area contributed by atoms with Gasteiger partial charge in [0.15, 0.2) is 11.6 Å². The number of rotatable bonds is 3. The minimum Gasteiger partial charge on any atom is -0.493 e. The van der Waals surface area contributed by atoms with E-state index in [1.807, 2.05) is 0 Å². The van der Waals surface area contributed by atoms with Crippen molar-refractivity contribution in [2.24, 2.45) is 0 Å². The topological polar surface area (TPSA) is 35.5 Å². The predicted molar refractivity (Wildman–Crippen MR) is 48.6 cm³/mol. The molecule has 82 valence electrons. The monoisotopic (exact) mass is 216 g/mol. The van der Waals surface area contributed by atoms with Gasteiger partial charge in [0.05, 0.1) is 20.6 Å². The van der Waals surface area contributed by atoms with Crippen LogP contribution >= 0.6 is 0 Å². The van der Waals surface area contributed by atoms with Gasteiger partial charge >= 0.3 is 5.97 Å². The van der Waals surface area contributed by atoms with Gasteiger partial charge in [0.2, 0.25) is 5.82 Å². The van der Waals surface area contributed by atoms with Gasteiger partial charge in [0.25, 0.3) is 0 Å². The Hall–Kier alpha value is -1.65. The van der Waals surface area contributed by atoms with Crippen LogP contribution in [0.1, 0.15) is 5.56 Å². The molecule has 0 aliphatic carbocycles. The number of methoxy groups -OCH3 is 2. The molecule has 0 spiro atoms. The van der Waals surface area contributed by atoms with Crippen molar-refractivity contribution < 1.29 is 23.0 Å². The maximum Gasteiger partial charge on any atom is 0.310 e. The first-order chi connectivity index (χ1) is 7.10. The second-order valence-corrected chi connectivity index (χ2v) is 2.81. The van der Waals surface area contributed by atoms with Gasteiger partial charge in [-0.05, 0) is 6.07 Å². The number of esters is 1. The van der Waals surface area contributed by atoms with E-state index in [4.69, 9.17) is 0 Å². The smallest absolute Gasteiger partial charge is 0.310 e. The molecule has 0 saturated heterocycles. The fraction of sp³-hybridized carbons (Fsp3) is 0.300. The summed E-state index contributed by atoms with van der Waals surface area (Å²) in [7, 11) is 2.42. The number of benzene rings is 1. The van der Waals surface area contributed by atoms with Gasteiger partial charge in [-0.1, -0.05) is 6.07 Å². The summed E-state index contributed by atoms with van der Waals surface area (Å²) in [5, 5.41) is 0. The summed E-state index contributed by atoms with van der Waals surface area (Å²) < 4.78 is 35.1. The molecular weight excluding hydrogens is 206 g/mol. The third kappa shape index (κ3) is 2.43. The van der Waals surface area contributed by atoms with E-state index in [2.05, 4.69) is 9.47 Å². The first-order valence-electron chi connectivity index (χ1n) is 4.17. The van der Waals surface area contributed by atoms with E-state index in [0.717, 1.165) is 6.07 Å². The van der Waals surface area contributed by atoms with Crippen LogP contribution in [0.2, 0.25) is 0 Å². The summed E-state index contributed by atoms with van der Waals surface area (Å²) in [5.41, 5.74) is 0.253. The van der Waals surface area contributed by atoms with Crippen LogP contribution in [-0.4, -0.2) is 20.2 Å². The molecule has 5 heteroatoms. The van der Waals surface area contributed by atoms with Gasteiger partial charge in [0.1, 0.15) is 0 Å². The molecule has 0 heterocycles. The van der Waals surface area contributed by atoms with Crippen molar-refractivity contribution >= 4 is 5.97 Å². The van der Waals surface area contributed by atoms with Crippen molar-refractivity contribution in [3.8, 4) is 5.75 Å². The maximum absolute atomic E-state index is 13.2. The van der Waals surface area contributed by atoms with E-state index < -0.39 is 17.6 Å². The molecule has 0 N–H and O–H groups in total. The number of carbonyl (C=O) groups is 1. The van der Waals surface area contributed by atoms with Crippen LogP contribution in [0.3, 0.4) is 0 Å². The van der Waals surface area contributed by atoms with Crippen molar-refractivity contribution in [3.63, 3.8) is 0 Å². The van der Waals surface area contributed by atoms with Gasteiger partial charge in [0, 0.05) is 5.56 Å². The van der Waals surface area contributed by atoms with E-state index in [1.165, 1.54) is 20.3 Å². The second-order valence-electron chi connectivity index (χ2n) is 2.81. The van der Waals surface area contributed by atoms with Gasteiger partial charge in [-0.2, -0.15) is 4.39 Å². The highest BCUT2D eigenvalue weighted by Gasteiger charge is 2.16. The number of halogens is 2. The summed E-state index contributed by atoms with van der Waals surface area (Å²) in [6, 6.07) is 2.23. The fourth-order valence-electron chi connectivity index (χ4n) is 1.16. The van der Waals surface area contributed by atoms with Crippen molar-refractivity contribution in [1.82, 2.24) is 0 Å². The lowest BCUT2D eigenvalue weighted by Gasteiger charge is -2.08. The number of carbonyl (C=O) groups excluding carboxylic acids is 1. The Kier molecular flexibility index (Phi) is 3.60. The lowest BCUT2D eigenvalue weighted by molar-refractivity contribution is -0.139. The molecule has 15 heavy (non-hydrogen) atoms. The highest BCUT2D eigenvalue weighted by Crippen LogP contribution is 2.25. The molecular formula is C10H10F2O3. The Morgan fingerprint density at radius 1 is 1.33 bits per heavy atom. The molecule has 0 fully saturated rings. The van der Waals surface area contributed by atoms with Crippen LogP contribution < -0.4 is 4.74 Å². The summed E-state index contributed by atoms with van der Waals surface area (Å²) in [6.07, 6.45) is -0.156. The quantitative estimate of drug-likeness (QED) is 0.721. The average Bonchev–Trinajstić information content (AvgIpc) is 2.24. The maximum atomic E-state index is 13.2. The SMILES string of the molecule is COC(=O)Cc1ccc(F)c(F)c1OC. The molecule has 0 atom stereocenters. The Balaban J connectivity index is 3.07. The average molecular weight is 216 g/mol. The zero-order valence-corrected chi connectivity index (χ0v) is 8.34. The molecule has 3 nitrogen and oxygen atoms in total. The predicted octanol–water partition coefficient (Wildman–Crippen LogP) is 1.69. The van der Waals surface area contributed by atoms with Crippen LogP contribution in [0.5, 0.6) is 5.75 Å². The van der Waals surface area contributed by atoms with Crippen molar-refractivity contribution in [2.75, 3.05) is 14.2 Å². The first kappa shape index (κ1) is 11.4. The Bertz CT molecular complexity index is 377. The second kappa shape index (κ2) is 4.72. The Morgan fingerprint density at radius 3 is 2.53 bits per heavy atom. The number of hydrogen-bond donors (Lipinski definition) is 0.